The highest BCUT2D eigenvalue weighted by atomic mass is 32.1. The average Bonchev–Trinajstić information content (AvgIpc) is 2.92. The number of aliphatic hydroxyl groups excluding tert-OH is 1. The second kappa shape index (κ2) is 7.74. The molecule has 0 fully saturated rings. The Morgan fingerprint density at radius 2 is 2.00 bits per heavy atom. The minimum absolute atomic E-state index is 0.0483. The number of aromatic amines is 1. The highest BCUT2D eigenvalue weighted by Crippen LogP contribution is 2.33. The normalized spacial score (nSPS) is 15.8. The number of hydrogen-bond acceptors (Lipinski definition) is 3. The number of aromatic nitrogens is 3. The predicted molar refractivity (Wildman–Crippen MR) is 95.8 cm³/mol. The quantitative estimate of drug-likeness (QED) is 0.741. The Morgan fingerprint density at radius 1 is 1.32 bits per heavy atom. The Kier molecular flexibility index (Phi) is 6.11. The Balaban J connectivity index is 2.21. The Bertz CT molecular complexity index is 766. The van der Waals surface area contributed by atoms with Crippen LogP contribution in [0.1, 0.15) is 45.7 Å². The lowest BCUT2D eigenvalue weighted by molar-refractivity contribution is 0.00386. The van der Waals surface area contributed by atoms with E-state index in [9.17, 15) is 13.9 Å². The first-order valence-corrected chi connectivity index (χ1v) is 8.74. The molecule has 0 bridgehead atoms. The molecule has 0 amide bonds. The van der Waals surface area contributed by atoms with Gasteiger partial charge in [-0.15, -0.1) is 0 Å². The van der Waals surface area contributed by atoms with Crippen molar-refractivity contribution in [1.29, 1.82) is 0 Å². The first-order valence-electron chi connectivity index (χ1n) is 8.33. The van der Waals surface area contributed by atoms with Crippen LogP contribution in [0, 0.1) is 27.7 Å². The summed E-state index contributed by atoms with van der Waals surface area (Å²) in [5, 5.41) is 13.8. The number of rotatable bonds is 6. The molecule has 0 radical (unpaired) electrons. The number of nitrogens with zero attached hydrogens (tertiary/aromatic N) is 2. The van der Waals surface area contributed by atoms with E-state index in [1.54, 1.807) is 4.68 Å². The fourth-order valence-electron chi connectivity index (χ4n) is 3.01. The fourth-order valence-corrected chi connectivity index (χ4v) is 3.25. The molecular weight excluding hydrogens is 344 g/mol. The Labute approximate surface area is 151 Å². The van der Waals surface area contributed by atoms with Gasteiger partial charge in [-0.25, -0.2) is 13.8 Å². The number of benzene rings is 1. The molecule has 2 N–H and O–H groups in total. The summed E-state index contributed by atoms with van der Waals surface area (Å²) in [5.74, 6) is -1.08. The summed E-state index contributed by atoms with van der Waals surface area (Å²) in [7, 11) is 0. The SMILES string of the molecule is C[C@H](Cc1ccc(F)cc1F)C[C@@H]([C@H](O)C(C)(C)C)n1[nH]cnc1=S. The highest BCUT2D eigenvalue weighted by molar-refractivity contribution is 7.71. The third-order valence-corrected chi connectivity index (χ3v) is 4.69. The van der Waals surface area contributed by atoms with Gasteiger partial charge in [0.2, 0.25) is 4.77 Å². The summed E-state index contributed by atoms with van der Waals surface area (Å²) < 4.78 is 29.0. The smallest absolute Gasteiger partial charge is 0.216 e. The summed E-state index contributed by atoms with van der Waals surface area (Å²) in [6.45, 7) is 7.84. The average molecular weight is 369 g/mol. The van der Waals surface area contributed by atoms with Crippen molar-refractivity contribution in [3.63, 3.8) is 0 Å². The van der Waals surface area contributed by atoms with Crippen LogP contribution < -0.4 is 0 Å². The van der Waals surface area contributed by atoms with Gasteiger partial charge in [-0.05, 0) is 48.0 Å². The van der Waals surface area contributed by atoms with Gasteiger partial charge in [0, 0.05) is 6.07 Å². The Morgan fingerprint density at radius 3 is 2.52 bits per heavy atom. The van der Waals surface area contributed by atoms with Crippen LogP contribution in [0.5, 0.6) is 0 Å². The van der Waals surface area contributed by atoms with Crippen LogP contribution in [0.2, 0.25) is 0 Å². The van der Waals surface area contributed by atoms with Crippen molar-refractivity contribution in [2.24, 2.45) is 11.3 Å². The van der Waals surface area contributed by atoms with Crippen molar-refractivity contribution in [3.05, 3.63) is 46.5 Å². The standard InChI is InChI=1S/C18H25F2N3OS/c1-11(7-12-5-6-13(19)9-14(12)20)8-15(16(24)18(2,3)4)23-17(25)21-10-22-23/h5-6,9-11,15-16,24H,7-8H2,1-4H3,(H,21,22,25)/t11-,15+,16+/m1/s1. The van der Waals surface area contributed by atoms with Crippen molar-refractivity contribution in [2.75, 3.05) is 0 Å². The van der Waals surface area contributed by atoms with Gasteiger partial charge in [0.1, 0.15) is 18.0 Å². The van der Waals surface area contributed by atoms with Crippen LogP contribution in [-0.4, -0.2) is 26.0 Å². The molecule has 0 aliphatic rings. The van der Waals surface area contributed by atoms with Gasteiger partial charge < -0.3 is 5.11 Å². The first-order chi connectivity index (χ1) is 11.6. The van der Waals surface area contributed by atoms with Crippen LogP contribution in [0.25, 0.3) is 0 Å². The molecule has 0 spiro atoms. The molecule has 138 valence electrons. The maximum absolute atomic E-state index is 13.9. The molecule has 1 heterocycles. The lowest BCUT2D eigenvalue weighted by Gasteiger charge is -2.34. The van der Waals surface area contributed by atoms with Gasteiger partial charge >= 0.3 is 0 Å². The third kappa shape index (κ3) is 4.95. The molecule has 2 aromatic rings. The monoisotopic (exact) mass is 369 g/mol. The summed E-state index contributed by atoms with van der Waals surface area (Å²) in [4.78, 5) is 4.03. The number of hydrogen-bond donors (Lipinski definition) is 2. The molecule has 1 aromatic heterocycles. The van der Waals surface area contributed by atoms with E-state index in [1.165, 1.54) is 18.5 Å². The number of H-pyrrole nitrogens is 1. The van der Waals surface area contributed by atoms with E-state index in [2.05, 4.69) is 10.1 Å². The molecular formula is C18H25F2N3OS. The van der Waals surface area contributed by atoms with E-state index in [1.807, 2.05) is 27.7 Å². The van der Waals surface area contributed by atoms with E-state index in [4.69, 9.17) is 12.2 Å². The van der Waals surface area contributed by atoms with Crippen LogP contribution in [-0.2, 0) is 6.42 Å². The van der Waals surface area contributed by atoms with Crippen LogP contribution >= 0.6 is 12.2 Å². The fraction of sp³-hybridized carbons (Fsp3) is 0.556. The topological polar surface area (TPSA) is 53.8 Å². The number of aliphatic hydroxyl groups is 1. The van der Waals surface area contributed by atoms with E-state index in [0.29, 0.717) is 23.2 Å². The highest BCUT2D eigenvalue weighted by Gasteiger charge is 2.33. The first kappa shape index (κ1) is 19.7. The molecule has 7 heteroatoms. The van der Waals surface area contributed by atoms with E-state index < -0.39 is 17.7 Å². The zero-order chi connectivity index (χ0) is 18.8. The second-order valence-electron chi connectivity index (χ2n) is 7.70. The molecule has 1 aromatic carbocycles. The summed E-state index contributed by atoms with van der Waals surface area (Å²) in [5.41, 5.74) is 0.108. The zero-order valence-electron chi connectivity index (χ0n) is 15.0. The van der Waals surface area contributed by atoms with Crippen LogP contribution in [0.15, 0.2) is 24.5 Å². The summed E-state index contributed by atoms with van der Waals surface area (Å²) in [6.07, 6.45) is 1.85. The van der Waals surface area contributed by atoms with Crippen molar-refractivity contribution < 1.29 is 13.9 Å². The molecule has 3 atom stereocenters. The number of nitrogens with one attached hydrogen (secondary N) is 1. The van der Waals surface area contributed by atoms with Gasteiger partial charge in [0.15, 0.2) is 0 Å². The lowest BCUT2D eigenvalue weighted by atomic mass is 9.81. The summed E-state index contributed by atoms with van der Waals surface area (Å²) >= 11 is 5.23. The molecule has 0 unspecified atom stereocenters. The van der Waals surface area contributed by atoms with Crippen molar-refractivity contribution in [2.45, 2.75) is 52.7 Å². The van der Waals surface area contributed by atoms with E-state index in [0.717, 1.165) is 6.07 Å². The van der Waals surface area contributed by atoms with Gasteiger partial charge in [-0.2, -0.15) is 0 Å². The predicted octanol–water partition coefficient (Wildman–Crippen LogP) is 4.44. The minimum Gasteiger partial charge on any atom is -0.390 e. The van der Waals surface area contributed by atoms with Crippen LogP contribution in [0.3, 0.4) is 0 Å². The van der Waals surface area contributed by atoms with Gasteiger partial charge in [-0.1, -0.05) is 33.8 Å². The van der Waals surface area contributed by atoms with Gasteiger partial charge in [-0.3, -0.25) is 9.78 Å². The van der Waals surface area contributed by atoms with E-state index >= 15 is 0 Å². The summed E-state index contributed by atoms with van der Waals surface area (Å²) in [6, 6.07) is 3.32. The zero-order valence-corrected chi connectivity index (χ0v) is 15.8. The largest absolute Gasteiger partial charge is 0.390 e. The van der Waals surface area contributed by atoms with E-state index in [-0.39, 0.29) is 17.4 Å². The molecule has 0 aliphatic heterocycles. The van der Waals surface area contributed by atoms with Crippen molar-refractivity contribution in [3.8, 4) is 0 Å². The third-order valence-electron chi connectivity index (χ3n) is 4.39. The van der Waals surface area contributed by atoms with Gasteiger partial charge in [0.05, 0.1) is 12.1 Å². The van der Waals surface area contributed by atoms with Crippen LogP contribution in [0.4, 0.5) is 8.78 Å². The maximum atomic E-state index is 13.9. The molecule has 4 nitrogen and oxygen atoms in total. The minimum atomic E-state index is -0.667. The van der Waals surface area contributed by atoms with Gasteiger partial charge in [0.25, 0.3) is 0 Å². The second-order valence-corrected chi connectivity index (χ2v) is 8.06. The molecule has 0 saturated carbocycles. The molecule has 0 saturated heterocycles. The van der Waals surface area contributed by atoms with Crippen molar-refractivity contribution >= 4 is 12.2 Å². The van der Waals surface area contributed by atoms with Crippen molar-refractivity contribution in [1.82, 2.24) is 14.8 Å². The molecule has 0 aliphatic carbocycles. The number of halogens is 2. The Hall–Kier alpha value is -1.60. The molecule has 2 rings (SSSR count). The molecule has 25 heavy (non-hydrogen) atoms. The lowest BCUT2D eigenvalue weighted by Crippen LogP contribution is -2.37. The maximum Gasteiger partial charge on any atom is 0.216 e.